The van der Waals surface area contributed by atoms with E-state index in [0.29, 0.717) is 18.6 Å². The number of halogens is 1. The SMILES string of the molecule is CC(C)=CCN(c1ccc(OCc2ccc(Cl)cc2)cc1)C1CCN(C[C@@H](N)CC(C)C)CC1. The third-order valence-corrected chi connectivity index (χ3v) is 6.70. The van der Waals surface area contributed by atoms with Crippen LogP contribution < -0.4 is 15.4 Å². The lowest BCUT2D eigenvalue weighted by Gasteiger charge is -2.40. The monoisotopic (exact) mass is 483 g/mol. The molecule has 3 rings (SSSR count). The first-order chi connectivity index (χ1) is 16.3. The van der Waals surface area contributed by atoms with Crippen molar-refractivity contribution >= 4 is 17.3 Å². The normalized spacial score (nSPS) is 15.9. The lowest BCUT2D eigenvalue weighted by Crippen LogP contribution is -2.48. The molecule has 0 saturated carbocycles. The predicted octanol–water partition coefficient (Wildman–Crippen LogP) is 6.53. The summed E-state index contributed by atoms with van der Waals surface area (Å²) in [6.07, 6.45) is 5.76. The van der Waals surface area contributed by atoms with Crippen molar-refractivity contribution in [1.82, 2.24) is 4.90 Å². The van der Waals surface area contributed by atoms with Crippen molar-refractivity contribution in [3.8, 4) is 5.75 Å². The summed E-state index contributed by atoms with van der Waals surface area (Å²) in [5, 5.41) is 0.744. The van der Waals surface area contributed by atoms with E-state index in [1.165, 1.54) is 24.1 Å². The van der Waals surface area contributed by atoms with Gasteiger partial charge in [0, 0.05) is 49.0 Å². The van der Waals surface area contributed by atoms with Crippen molar-refractivity contribution < 1.29 is 4.74 Å². The molecule has 5 heteroatoms. The molecule has 0 aliphatic carbocycles. The van der Waals surface area contributed by atoms with Crippen molar-refractivity contribution in [2.75, 3.05) is 31.1 Å². The van der Waals surface area contributed by atoms with E-state index >= 15 is 0 Å². The van der Waals surface area contributed by atoms with Gasteiger partial charge in [0.05, 0.1) is 0 Å². The first-order valence-electron chi connectivity index (χ1n) is 12.7. The van der Waals surface area contributed by atoms with E-state index in [4.69, 9.17) is 22.1 Å². The maximum Gasteiger partial charge on any atom is 0.119 e. The number of hydrogen-bond donors (Lipinski definition) is 1. The second-order valence-corrected chi connectivity index (χ2v) is 10.7. The Labute approximate surface area is 211 Å². The van der Waals surface area contributed by atoms with Crippen molar-refractivity contribution in [2.45, 2.75) is 65.6 Å². The van der Waals surface area contributed by atoms with Gasteiger partial charge < -0.3 is 20.3 Å². The van der Waals surface area contributed by atoms with Gasteiger partial charge >= 0.3 is 0 Å². The lowest BCUT2D eigenvalue weighted by atomic mass is 9.99. The maximum absolute atomic E-state index is 6.38. The molecule has 0 unspecified atom stereocenters. The molecule has 1 atom stereocenters. The molecule has 1 fully saturated rings. The molecule has 4 nitrogen and oxygen atoms in total. The van der Waals surface area contributed by atoms with Crippen LogP contribution in [-0.4, -0.2) is 43.2 Å². The molecule has 1 saturated heterocycles. The Morgan fingerprint density at radius 3 is 2.32 bits per heavy atom. The standard InChI is InChI=1S/C29H42ClN3O/c1-22(2)13-18-33(28-14-16-32(17-15-28)20-26(31)19-23(3)4)27-9-11-29(12-10-27)34-21-24-5-7-25(30)8-6-24/h5-13,23,26,28H,14-21,31H2,1-4H3/t26-/m0/s1. The number of nitrogens with zero attached hydrogens (tertiary/aromatic N) is 2. The fraction of sp³-hybridized carbons (Fsp3) is 0.517. The van der Waals surface area contributed by atoms with E-state index in [0.717, 1.165) is 48.9 Å². The Morgan fingerprint density at radius 2 is 1.74 bits per heavy atom. The molecule has 2 aromatic carbocycles. The van der Waals surface area contributed by atoms with Gasteiger partial charge in [-0.2, -0.15) is 0 Å². The number of nitrogens with two attached hydrogens (primary N) is 1. The van der Waals surface area contributed by atoms with Gasteiger partial charge in [-0.05, 0) is 81.0 Å². The van der Waals surface area contributed by atoms with Gasteiger partial charge in [0.1, 0.15) is 12.4 Å². The van der Waals surface area contributed by atoms with E-state index in [-0.39, 0.29) is 6.04 Å². The zero-order valence-corrected chi connectivity index (χ0v) is 22.1. The minimum atomic E-state index is 0.277. The highest BCUT2D eigenvalue weighted by molar-refractivity contribution is 6.30. The van der Waals surface area contributed by atoms with Crippen LogP contribution in [0.4, 0.5) is 5.69 Å². The highest BCUT2D eigenvalue weighted by Crippen LogP contribution is 2.27. The summed E-state index contributed by atoms with van der Waals surface area (Å²) in [6, 6.07) is 17.2. The van der Waals surface area contributed by atoms with Gasteiger partial charge in [-0.3, -0.25) is 0 Å². The van der Waals surface area contributed by atoms with Crippen LogP contribution >= 0.6 is 11.6 Å². The van der Waals surface area contributed by atoms with Crippen molar-refractivity contribution in [1.29, 1.82) is 0 Å². The molecular weight excluding hydrogens is 442 g/mol. The number of hydrogen-bond acceptors (Lipinski definition) is 4. The van der Waals surface area contributed by atoms with Gasteiger partial charge in [-0.25, -0.2) is 0 Å². The van der Waals surface area contributed by atoms with E-state index < -0.39 is 0 Å². The van der Waals surface area contributed by atoms with E-state index in [9.17, 15) is 0 Å². The van der Waals surface area contributed by atoms with E-state index in [1.807, 2.05) is 24.3 Å². The summed E-state index contributed by atoms with van der Waals surface area (Å²) < 4.78 is 6.00. The van der Waals surface area contributed by atoms with Crippen LogP contribution in [-0.2, 0) is 6.61 Å². The molecular formula is C29H42ClN3O. The van der Waals surface area contributed by atoms with Crippen molar-refractivity contribution in [3.05, 3.63) is 70.8 Å². The van der Waals surface area contributed by atoms with Crippen LogP contribution in [0, 0.1) is 5.92 Å². The molecule has 0 radical (unpaired) electrons. The highest BCUT2D eigenvalue weighted by Gasteiger charge is 2.25. The summed E-state index contributed by atoms with van der Waals surface area (Å²) in [5.41, 5.74) is 10.1. The van der Waals surface area contributed by atoms with Crippen LogP contribution in [0.25, 0.3) is 0 Å². The molecule has 0 bridgehead atoms. The second-order valence-electron chi connectivity index (χ2n) is 10.3. The zero-order valence-electron chi connectivity index (χ0n) is 21.3. The van der Waals surface area contributed by atoms with Gasteiger partial charge in [0.2, 0.25) is 0 Å². The molecule has 0 aromatic heterocycles. The highest BCUT2D eigenvalue weighted by atomic mass is 35.5. The molecule has 1 aliphatic rings. The predicted molar refractivity (Wildman–Crippen MR) is 146 cm³/mol. The number of allylic oxidation sites excluding steroid dienone is 1. The molecule has 1 heterocycles. The number of benzene rings is 2. The van der Waals surface area contributed by atoms with Crippen molar-refractivity contribution in [3.63, 3.8) is 0 Å². The summed E-state index contributed by atoms with van der Waals surface area (Å²) in [5.74, 6) is 1.54. The quantitative estimate of drug-likeness (QED) is 0.369. The van der Waals surface area contributed by atoms with E-state index in [2.05, 4.69) is 67.8 Å². The zero-order chi connectivity index (χ0) is 24.5. The third kappa shape index (κ3) is 8.65. The minimum Gasteiger partial charge on any atom is -0.489 e. The van der Waals surface area contributed by atoms with Crippen LogP contribution in [0.1, 0.15) is 52.5 Å². The molecule has 186 valence electrons. The molecule has 2 aromatic rings. The Kier molecular flexibility index (Phi) is 10.3. The second kappa shape index (κ2) is 13.2. The lowest BCUT2D eigenvalue weighted by molar-refractivity contribution is 0.193. The first-order valence-corrected chi connectivity index (χ1v) is 13.0. The van der Waals surface area contributed by atoms with Crippen LogP contribution in [0.15, 0.2) is 60.2 Å². The maximum atomic E-state index is 6.38. The molecule has 0 spiro atoms. The Morgan fingerprint density at radius 1 is 1.09 bits per heavy atom. The van der Waals surface area contributed by atoms with Crippen LogP contribution in [0.3, 0.4) is 0 Å². The Bertz CT molecular complexity index is 883. The fourth-order valence-electron chi connectivity index (χ4n) is 4.65. The van der Waals surface area contributed by atoms with Crippen LogP contribution in [0.2, 0.25) is 5.02 Å². The number of likely N-dealkylation sites (tertiary alicyclic amines) is 1. The first kappa shape index (κ1) is 26.6. The number of rotatable bonds is 11. The van der Waals surface area contributed by atoms with Crippen LogP contribution in [0.5, 0.6) is 5.75 Å². The Balaban J connectivity index is 1.59. The average molecular weight is 484 g/mol. The fourth-order valence-corrected chi connectivity index (χ4v) is 4.78. The third-order valence-electron chi connectivity index (χ3n) is 6.45. The van der Waals surface area contributed by atoms with E-state index in [1.54, 1.807) is 0 Å². The van der Waals surface area contributed by atoms with Gasteiger partial charge in [-0.1, -0.05) is 49.2 Å². The van der Waals surface area contributed by atoms with Gasteiger partial charge in [-0.15, -0.1) is 0 Å². The number of anilines is 1. The summed E-state index contributed by atoms with van der Waals surface area (Å²) in [6.45, 7) is 13.6. The van der Waals surface area contributed by atoms with Gasteiger partial charge in [0.25, 0.3) is 0 Å². The topological polar surface area (TPSA) is 41.7 Å². The number of piperidine rings is 1. The summed E-state index contributed by atoms with van der Waals surface area (Å²) in [7, 11) is 0. The molecule has 34 heavy (non-hydrogen) atoms. The largest absolute Gasteiger partial charge is 0.489 e. The molecule has 2 N–H and O–H groups in total. The molecule has 0 amide bonds. The van der Waals surface area contributed by atoms with Gasteiger partial charge in [0.15, 0.2) is 0 Å². The molecule has 1 aliphatic heterocycles. The summed E-state index contributed by atoms with van der Waals surface area (Å²) in [4.78, 5) is 5.11. The minimum absolute atomic E-state index is 0.277. The summed E-state index contributed by atoms with van der Waals surface area (Å²) >= 11 is 5.98. The number of ether oxygens (including phenoxy) is 1. The smallest absolute Gasteiger partial charge is 0.119 e. The average Bonchev–Trinajstić information content (AvgIpc) is 2.80. The Hall–Kier alpha value is -2.01. The van der Waals surface area contributed by atoms with Crippen molar-refractivity contribution in [2.24, 2.45) is 11.7 Å².